The summed E-state index contributed by atoms with van der Waals surface area (Å²) in [6.45, 7) is 7.85. The summed E-state index contributed by atoms with van der Waals surface area (Å²) in [5, 5.41) is 3.40. The first-order chi connectivity index (χ1) is 12.3. The second kappa shape index (κ2) is 7.35. The van der Waals surface area contributed by atoms with Crippen molar-refractivity contribution in [3.05, 3.63) is 35.5 Å². The smallest absolute Gasteiger partial charge is 0.161 e. The average Bonchev–Trinajstić information content (AvgIpc) is 3.15. The molecule has 132 valence electrons. The largest absolute Gasteiger partial charge is 0.378 e. The van der Waals surface area contributed by atoms with Crippen LogP contribution in [0.5, 0.6) is 0 Å². The first-order valence-corrected chi connectivity index (χ1v) is 8.87. The number of ether oxygens (including phenoxy) is 1. The van der Waals surface area contributed by atoms with Gasteiger partial charge in [-0.25, -0.2) is 15.4 Å². The third-order valence-corrected chi connectivity index (χ3v) is 4.53. The molecule has 0 bridgehead atoms. The van der Waals surface area contributed by atoms with E-state index in [1.807, 2.05) is 12.1 Å². The van der Waals surface area contributed by atoms with E-state index in [4.69, 9.17) is 14.7 Å². The second-order valence-electron chi connectivity index (χ2n) is 6.23. The molecule has 0 unspecified atom stereocenters. The van der Waals surface area contributed by atoms with Crippen LogP contribution in [0.2, 0.25) is 0 Å². The maximum absolute atomic E-state index is 5.49. The van der Waals surface area contributed by atoms with Gasteiger partial charge in [-0.2, -0.15) is 0 Å². The zero-order valence-electron chi connectivity index (χ0n) is 14.5. The minimum absolute atomic E-state index is 0.756. The lowest BCUT2D eigenvalue weighted by Gasteiger charge is -2.29. The van der Waals surface area contributed by atoms with Crippen molar-refractivity contribution in [1.82, 2.24) is 20.7 Å². The summed E-state index contributed by atoms with van der Waals surface area (Å²) in [6, 6.07) is 8.21. The SMILES string of the molecule is CCNNc1ccc(-c2nc3c(c(N4CCOCC4)n2)CNC3)cc1. The van der Waals surface area contributed by atoms with Crippen LogP contribution in [-0.2, 0) is 17.8 Å². The topological polar surface area (TPSA) is 74.3 Å². The molecular weight excluding hydrogens is 316 g/mol. The molecule has 1 saturated heterocycles. The highest BCUT2D eigenvalue weighted by molar-refractivity contribution is 5.63. The molecule has 7 nitrogen and oxygen atoms in total. The molecule has 2 aliphatic heterocycles. The molecule has 3 N–H and O–H groups in total. The van der Waals surface area contributed by atoms with Gasteiger partial charge in [0.1, 0.15) is 5.82 Å². The average molecular weight is 340 g/mol. The lowest BCUT2D eigenvalue weighted by molar-refractivity contribution is 0.122. The van der Waals surface area contributed by atoms with Gasteiger partial charge in [0.25, 0.3) is 0 Å². The molecule has 0 atom stereocenters. The van der Waals surface area contributed by atoms with E-state index in [9.17, 15) is 0 Å². The van der Waals surface area contributed by atoms with Crippen molar-refractivity contribution in [2.24, 2.45) is 0 Å². The number of hydrogen-bond acceptors (Lipinski definition) is 7. The number of morpholine rings is 1. The Hall–Kier alpha value is -2.22. The molecule has 25 heavy (non-hydrogen) atoms. The number of anilines is 2. The molecular formula is C18H24N6O. The van der Waals surface area contributed by atoms with E-state index in [0.717, 1.165) is 74.5 Å². The highest BCUT2D eigenvalue weighted by Crippen LogP contribution is 2.29. The summed E-state index contributed by atoms with van der Waals surface area (Å²) in [6.07, 6.45) is 0. The van der Waals surface area contributed by atoms with Crippen molar-refractivity contribution >= 4 is 11.5 Å². The number of nitrogens with one attached hydrogen (secondary N) is 3. The van der Waals surface area contributed by atoms with Gasteiger partial charge in [0.2, 0.25) is 0 Å². The summed E-state index contributed by atoms with van der Waals surface area (Å²) in [5.41, 5.74) is 10.7. The quantitative estimate of drug-likeness (QED) is 0.713. The molecule has 2 aromatic rings. The van der Waals surface area contributed by atoms with Crippen molar-refractivity contribution in [3.8, 4) is 11.4 Å². The standard InChI is InChI=1S/C18H24N6O/c1-2-20-23-14-5-3-13(4-6-14)17-21-16-12-19-11-15(16)18(22-17)24-7-9-25-10-8-24/h3-6,19-20,23H,2,7-12H2,1H3. The Morgan fingerprint density at radius 2 is 1.92 bits per heavy atom. The lowest BCUT2D eigenvalue weighted by Crippen LogP contribution is -2.37. The summed E-state index contributed by atoms with van der Waals surface area (Å²) in [5.74, 6) is 1.85. The molecule has 1 fully saturated rings. The summed E-state index contributed by atoms with van der Waals surface area (Å²) in [4.78, 5) is 12.0. The van der Waals surface area contributed by atoms with Crippen LogP contribution in [-0.4, -0.2) is 42.8 Å². The highest BCUT2D eigenvalue weighted by Gasteiger charge is 2.24. The van der Waals surface area contributed by atoms with Crippen molar-refractivity contribution in [1.29, 1.82) is 0 Å². The van der Waals surface area contributed by atoms with Crippen LogP contribution < -0.4 is 21.1 Å². The van der Waals surface area contributed by atoms with Crippen LogP contribution in [0.15, 0.2) is 24.3 Å². The van der Waals surface area contributed by atoms with E-state index >= 15 is 0 Å². The third-order valence-electron chi connectivity index (χ3n) is 4.53. The number of aromatic nitrogens is 2. The van der Waals surface area contributed by atoms with Crippen molar-refractivity contribution < 1.29 is 4.74 Å². The fraction of sp³-hybridized carbons (Fsp3) is 0.444. The molecule has 0 amide bonds. The monoisotopic (exact) mass is 340 g/mol. The maximum Gasteiger partial charge on any atom is 0.161 e. The third kappa shape index (κ3) is 3.44. The van der Waals surface area contributed by atoms with Crippen LogP contribution in [0, 0.1) is 0 Å². The predicted molar refractivity (Wildman–Crippen MR) is 98.3 cm³/mol. The lowest BCUT2D eigenvalue weighted by atomic mass is 10.1. The Bertz CT molecular complexity index is 727. The zero-order valence-corrected chi connectivity index (χ0v) is 14.5. The number of hydrogen-bond donors (Lipinski definition) is 3. The highest BCUT2D eigenvalue weighted by atomic mass is 16.5. The molecule has 7 heteroatoms. The van der Waals surface area contributed by atoms with E-state index in [1.54, 1.807) is 0 Å². The Morgan fingerprint density at radius 3 is 2.68 bits per heavy atom. The Kier molecular flexibility index (Phi) is 4.78. The number of rotatable bonds is 5. The van der Waals surface area contributed by atoms with Crippen LogP contribution in [0.4, 0.5) is 11.5 Å². The van der Waals surface area contributed by atoms with Crippen molar-refractivity contribution in [2.75, 3.05) is 43.2 Å². The van der Waals surface area contributed by atoms with Gasteiger partial charge in [0, 0.05) is 49.5 Å². The van der Waals surface area contributed by atoms with Gasteiger partial charge in [0.15, 0.2) is 5.82 Å². The Morgan fingerprint density at radius 1 is 1.12 bits per heavy atom. The Balaban J connectivity index is 1.65. The van der Waals surface area contributed by atoms with Gasteiger partial charge < -0.3 is 20.4 Å². The minimum atomic E-state index is 0.756. The first-order valence-electron chi connectivity index (χ1n) is 8.87. The van der Waals surface area contributed by atoms with Crippen LogP contribution in [0.3, 0.4) is 0 Å². The summed E-state index contributed by atoms with van der Waals surface area (Å²) < 4.78 is 5.49. The van der Waals surface area contributed by atoms with Gasteiger partial charge in [-0.1, -0.05) is 6.92 Å². The Labute approximate surface area is 147 Å². The van der Waals surface area contributed by atoms with Gasteiger partial charge in [-0.15, -0.1) is 0 Å². The normalized spacial score (nSPS) is 16.8. The van der Waals surface area contributed by atoms with E-state index in [0.29, 0.717) is 0 Å². The predicted octanol–water partition coefficient (Wildman–Crippen LogP) is 1.52. The van der Waals surface area contributed by atoms with E-state index in [1.165, 1.54) is 5.56 Å². The fourth-order valence-corrected chi connectivity index (χ4v) is 3.21. The van der Waals surface area contributed by atoms with Crippen molar-refractivity contribution in [3.63, 3.8) is 0 Å². The number of nitrogens with zero attached hydrogens (tertiary/aromatic N) is 3. The van der Waals surface area contributed by atoms with E-state index in [-0.39, 0.29) is 0 Å². The van der Waals surface area contributed by atoms with Gasteiger partial charge >= 0.3 is 0 Å². The van der Waals surface area contributed by atoms with Gasteiger partial charge in [-0.3, -0.25) is 0 Å². The summed E-state index contributed by atoms with van der Waals surface area (Å²) in [7, 11) is 0. The molecule has 4 rings (SSSR count). The molecule has 1 aromatic carbocycles. The van der Waals surface area contributed by atoms with Crippen LogP contribution in [0.25, 0.3) is 11.4 Å². The number of benzene rings is 1. The van der Waals surface area contributed by atoms with Gasteiger partial charge in [-0.05, 0) is 24.3 Å². The molecule has 0 aliphatic carbocycles. The zero-order chi connectivity index (χ0) is 17.1. The molecule has 2 aliphatic rings. The molecule has 3 heterocycles. The number of fused-ring (bicyclic) bond motifs is 1. The molecule has 0 saturated carbocycles. The molecule has 0 spiro atoms. The molecule has 1 aromatic heterocycles. The summed E-state index contributed by atoms with van der Waals surface area (Å²) >= 11 is 0. The van der Waals surface area contributed by atoms with Crippen LogP contribution in [0.1, 0.15) is 18.2 Å². The first kappa shape index (κ1) is 16.3. The van der Waals surface area contributed by atoms with E-state index in [2.05, 4.69) is 40.1 Å². The fourth-order valence-electron chi connectivity index (χ4n) is 3.21. The second-order valence-corrected chi connectivity index (χ2v) is 6.23. The van der Waals surface area contributed by atoms with Crippen LogP contribution >= 0.6 is 0 Å². The molecule has 0 radical (unpaired) electrons. The maximum atomic E-state index is 5.49. The van der Waals surface area contributed by atoms with E-state index < -0.39 is 0 Å². The van der Waals surface area contributed by atoms with Crippen molar-refractivity contribution in [2.45, 2.75) is 20.0 Å². The number of hydrazine groups is 1. The van der Waals surface area contributed by atoms with Gasteiger partial charge in [0.05, 0.1) is 18.9 Å². The minimum Gasteiger partial charge on any atom is -0.378 e.